The summed E-state index contributed by atoms with van der Waals surface area (Å²) in [6, 6.07) is 14.3. The largest absolute Gasteiger partial charge is 0.457 e. The van der Waals surface area contributed by atoms with Gasteiger partial charge in [0.1, 0.15) is 11.5 Å². The number of hydrogen-bond acceptors (Lipinski definition) is 4. The van der Waals surface area contributed by atoms with Crippen LogP contribution in [0, 0.1) is 0 Å². The molecule has 0 aliphatic carbocycles. The molecule has 4 rings (SSSR count). The Labute approximate surface area is 179 Å². The summed E-state index contributed by atoms with van der Waals surface area (Å²) in [6.07, 6.45) is -4.60. The van der Waals surface area contributed by atoms with Gasteiger partial charge in [-0.15, -0.1) is 0 Å². The van der Waals surface area contributed by atoms with Gasteiger partial charge in [-0.1, -0.05) is 12.1 Å². The number of fused-ring (bicyclic) bond motifs is 1. The highest BCUT2D eigenvalue weighted by Crippen LogP contribution is 2.34. The van der Waals surface area contributed by atoms with Crippen LogP contribution in [-0.4, -0.2) is 17.8 Å². The van der Waals surface area contributed by atoms with Crippen molar-refractivity contribution in [3.8, 4) is 11.5 Å². The summed E-state index contributed by atoms with van der Waals surface area (Å²) in [5.41, 5.74) is -0.528. The fourth-order valence-corrected chi connectivity index (χ4v) is 3.08. The molecule has 0 unspecified atom stereocenters. The van der Waals surface area contributed by atoms with Gasteiger partial charge in [-0.25, -0.2) is 4.79 Å². The number of urea groups is 1. The van der Waals surface area contributed by atoms with Crippen LogP contribution in [0.25, 0.3) is 0 Å². The van der Waals surface area contributed by atoms with Gasteiger partial charge in [0.2, 0.25) is 0 Å². The number of amides is 4. The molecule has 7 nitrogen and oxygen atoms in total. The van der Waals surface area contributed by atoms with E-state index in [0.717, 1.165) is 12.1 Å². The molecule has 0 fully saturated rings. The molecule has 0 saturated heterocycles. The lowest BCUT2D eigenvalue weighted by Gasteiger charge is -2.14. The Bertz CT molecular complexity index is 1220. The van der Waals surface area contributed by atoms with Crippen LogP contribution in [0.15, 0.2) is 66.7 Å². The Morgan fingerprint density at radius 2 is 1.47 bits per heavy atom. The van der Waals surface area contributed by atoms with E-state index in [1.165, 1.54) is 54.6 Å². The van der Waals surface area contributed by atoms with E-state index in [2.05, 4.69) is 16.0 Å². The molecule has 32 heavy (non-hydrogen) atoms. The predicted octanol–water partition coefficient (Wildman–Crippen LogP) is 5.03. The molecule has 1 aliphatic rings. The van der Waals surface area contributed by atoms with Crippen LogP contribution < -0.4 is 20.7 Å². The molecule has 3 aromatic rings. The normalized spacial score (nSPS) is 12.7. The SMILES string of the molecule is O=C(Nc1ccc(Oc2ccc3c(c2)C(=O)NC3=O)cc1)Nc1ccccc1C(F)(F)F. The monoisotopic (exact) mass is 441 g/mol. The van der Waals surface area contributed by atoms with Gasteiger partial charge in [0.25, 0.3) is 11.8 Å². The first-order chi connectivity index (χ1) is 15.2. The number of hydrogen-bond donors (Lipinski definition) is 3. The van der Waals surface area contributed by atoms with Gasteiger partial charge in [-0.2, -0.15) is 13.2 Å². The highest BCUT2D eigenvalue weighted by atomic mass is 19.4. The van der Waals surface area contributed by atoms with E-state index in [4.69, 9.17) is 4.74 Å². The van der Waals surface area contributed by atoms with Gasteiger partial charge in [0.15, 0.2) is 0 Å². The second-order valence-corrected chi connectivity index (χ2v) is 6.74. The molecular weight excluding hydrogens is 427 g/mol. The Morgan fingerprint density at radius 3 is 2.19 bits per heavy atom. The summed E-state index contributed by atoms with van der Waals surface area (Å²) >= 11 is 0. The van der Waals surface area contributed by atoms with Crippen LogP contribution in [0.5, 0.6) is 11.5 Å². The molecule has 0 atom stereocenters. The number of ether oxygens (including phenoxy) is 1. The van der Waals surface area contributed by atoms with Crippen LogP contribution >= 0.6 is 0 Å². The molecule has 0 spiro atoms. The van der Waals surface area contributed by atoms with Gasteiger partial charge in [-0.05, 0) is 54.6 Å². The quantitative estimate of drug-likeness (QED) is 0.495. The Kier molecular flexibility index (Phi) is 5.27. The minimum Gasteiger partial charge on any atom is -0.457 e. The molecule has 0 saturated carbocycles. The van der Waals surface area contributed by atoms with Crippen molar-refractivity contribution >= 4 is 29.2 Å². The molecule has 0 aromatic heterocycles. The third-order valence-electron chi connectivity index (χ3n) is 4.54. The molecule has 3 aromatic carbocycles. The van der Waals surface area contributed by atoms with Crippen molar-refractivity contribution in [1.29, 1.82) is 0 Å². The second kappa shape index (κ2) is 8.06. The first-order valence-electron chi connectivity index (χ1n) is 9.22. The highest BCUT2D eigenvalue weighted by Gasteiger charge is 2.33. The van der Waals surface area contributed by atoms with Gasteiger partial charge < -0.3 is 15.4 Å². The Morgan fingerprint density at radius 1 is 0.812 bits per heavy atom. The number of anilines is 2. The van der Waals surface area contributed by atoms with Crippen molar-refractivity contribution in [3.63, 3.8) is 0 Å². The maximum absolute atomic E-state index is 13.0. The fraction of sp³-hybridized carbons (Fsp3) is 0.0455. The van der Waals surface area contributed by atoms with E-state index in [9.17, 15) is 27.6 Å². The molecule has 1 aliphatic heterocycles. The molecule has 10 heteroatoms. The summed E-state index contributed by atoms with van der Waals surface area (Å²) in [6.45, 7) is 0. The average molecular weight is 441 g/mol. The van der Waals surface area contributed by atoms with Gasteiger partial charge in [0.05, 0.1) is 22.4 Å². The summed E-state index contributed by atoms with van der Waals surface area (Å²) in [5.74, 6) is -0.268. The van der Waals surface area contributed by atoms with E-state index in [1.807, 2.05) is 0 Å². The lowest BCUT2D eigenvalue weighted by atomic mass is 10.1. The zero-order chi connectivity index (χ0) is 22.9. The van der Waals surface area contributed by atoms with Crippen molar-refractivity contribution in [2.45, 2.75) is 6.18 Å². The number of rotatable bonds is 4. The van der Waals surface area contributed by atoms with E-state index < -0.39 is 29.6 Å². The lowest BCUT2D eigenvalue weighted by molar-refractivity contribution is -0.136. The first kappa shape index (κ1) is 20.9. The van der Waals surface area contributed by atoms with Crippen LogP contribution in [0.4, 0.5) is 29.3 Å². The average Bonchev–Trinajstić information content (AvgIpc) is 3.02. The minimum atomic E-state index is -4.60. The first-order valence-corrected chi connectivity index (χ1v) is 9.22. The van der Waals surface area contributed by atoms with Gasteiger partial charge >= 0.3 is 12.2 Å². The maximum atomic E-state index is 13.0. The summed E-state index contributed by atoms with van der Waals surface area (Å²) in [7, 11) is 0. The van der Waals surface area contributed by atoms with E-state index in [1.54, 1.807) is 0 Å². The number of alkyl halides is 3. The van der Waals surface area contributed by atoms with Crippen LogP contribution in [-0.2, 0) is 6.18 Å². The summed E-state index contributed by atoms with van der Waals surface area (Å²) in [4.78, 5) is 35.4. The number of halogens is 3. The number of carbonyl (C=O) groups excluding carboxylic acids is 3. The molecular formula is C22H14F3N3O4. The molecule has 0 bridgehead atoms. The van der Waals surface area contributed by atoms with Crippen LogP contribution in [0.2, 0.25) is 0 Å². The Balaban J connectivity index is 1.41. The smallest absolute Gasteiger partial charge is 0.418 e. The van der Waals surface area contributed by atoms with Crippen molar-refractivity contribution in [1.82, 2.24) is 5.32 Å². The van der Waals surface area contributed by atoms with E-state index >= 15 is 0 Å². The topological polar surface area (TPSA) is 96.5 Å². The summed E-state index contributed by atoms with van der Waals surface area (Å²) in [5, 5.41) is 6.81. The molecule has 0 radical (unpaired) electrons. The van der Waals surface area contributed by atoms with Gasteiger partial charge in [-0.3, -0.25) is 14.9 Å². The fourth-order valence-electron chi connectivity index (χ4n) is 3.08. The zero-order valence-electron chi connectivity index (χ0n) is 16.1. The predicted molar refractivity (Wildman–Crippen MR) is 109 cm³/mol. The number of benzene rings is 3. The molecule has 162 valence electrons. The van der Waals surface area contributed by atoms with Crippen molar-refractivity contribution in [2.24, 2.45) is 0 Å². The number of imide groups is 1. The van der Waals surface area contributed by atoms with Crippen LogP contribution in [0.3, 0.4) is 0 Å². The number of carbonyl (C=O) groups is 3. The van der Waals surface area contributed by atoms with Crippen LogP contribution in [0.1, 0.15) is 26.3 Å². The lowest BCUT2D eigenvalue weighted by Crippen LogP contribution is -2.21. The van der Waals surface area contributed by atoms with Crippen molar-refractivity contribution in [2.75, 3.05) is 10.6 Å². The number of para-hydroxylation sites is 1. The zero-order valence-corrected chi connectivity index (χ0v) is 16.1. The third-order valence-corrected chi connectivity index (χ3v) is 4.54. The van der Waals surface area contributed by atoms with E-state index in [-0.39, 0.29) is 16.8 Å². The standard InChI is InChI=1S/C22H14F3N3O4/c23-22(24,25)17-3-1-2-4-18(17)27-21(31)26-12-5-7-13(8-6-12)32-14-9-10-15-16(11-14)20(30)28-19(15)29/h1-11H,(H2,26,27,31)(H,28,29,30). The molecule has 1 heterocycles. The Hall–Kier alpha value is -4.34. The van der Waals surface area contributed by atoms with Crippen molar-refractivity contribution < 1.29 is 32.3 Å². The number of nitrogens with one attached hydrogen (secondary N) is 3. The highest BCUT2D eigenvalue weighted by molar-refractivity contribution is 6.21. The second-order valence-electron chi connectivity index (χ2n) is 6.74. The summed E-state index contributed by atoms with van der Waals surface area (Å²) < 4.78 is 44.8. The maximum Gasteiger partial charge on any atom is 0.418 e. The van der Waals surface area contributed by atoms with E-state index in [0.29, 0.717) is 17.2 Å². The van der Waals surface area contributed by atoms with Crippen molar-refractivity contribution in [3.05, 3.63) is 83.4 Å². The third kappa shape index (κ3) is 4.38. The minimum absolute atomic E-state index is 0.210. The van der Waals surface area contributed by atoms with Gasteiger partial charge in [0, 0.05) is 5.69 Å². The molecule has 3 N–H and O–H groups in total. The molecule has 4 amide bonds.